The third kappa shape index (κ3) is 5.61. The minimum absolute atomic E-state index is 0.122. The maximum Gasteiger partial charge on any atom is 0.264 e. The third-order valence-electron chi connectivity index (χ3n) is 6.07. The van der Waals surface area contributed by atoms with Crippen LogP contribution in [0.5, 0.6) is 0 Å². The Hall–Kier alpha value is -3.16. The molecule has 1 heterocycles. The van der Waals surface area contributed by atoms with Crippen LogP contribution in [0, 0.1) is 0 Å². The quantitative estimate of drug-likeness (QED) is 0.577. The predicted octanol–water partition coefficient (Wildman–Crippen LogP) is 3.91. The van der Waals surface area contributed by atoms with Crippen LogP contribution in [0.3, 0.4) is 0 Å². The smallest absolute Gasteiger partial charge is 0.264 e. The van der Waals surface area contributed by atoms with Gasteiger partial charge in [0.25, 0.3) is 15.9 Å². The molecular weight excluding hydrogens is 434 g/mol. The second-order valence-electron chi connectivity index (χ2n) is 8.34. The lowest BCUT2D eigenvalue weighted by Gasteiger charge is -2.32. The number of rotatable bonds is 7. The molecule has 172 valence electrons. The molecule has 1 fully saturated rings. The summed E-state index contributed by atoms with van der Waals surface area (Å²) < 4.78 is 27.1. The Morgan fingerprint density at radius 3 is 2.09 bits per heavy atom. The topological polar surface area (TPSA) is 69.7 Å². The van der Waals surface area contributed by atoms with Crippen LogP contribution < -0.4 is 9.62 Å². The van der Waals surface area contributed by atoms with Gasteiger partial charge in [-0.05, 0) is 54.8 Å². The van der Waals surface area contributed by atoms with E-state index in [0.29, 0.717) is 11.3 Å². The minimum Gasteiger partial charge on any atom is -0.349 e. The fourth-order valence-corrected chi connectivity index (χ4v) is 5.25. The molecule has 1 saturated heterocycles. The molecule has 7 heteroatoms. The number of piperidine rings is 1. The molecule has 0 spiro atoms. The Kier molecular flexibility index (Phi) is 7.11. The molecule has 0 aromatic heterocycles. The average molecular weight is 464 g/mol. The lowest BCUT2D eigenvalue weighted by Crippen LogP contribution is -2.44. The number of likely N-dealkylation sites (tertiary alicyclic amines) is 1. The van der Waals surface area contributed by atoms with Crippen molar-refractivity contribution in [2.75, 3.05) is 24.4 Å². The first-order chi connectivity index (χ1) is 15.9. The first-order valence-corrected chi connectivity index (χ1v) is 12.6. The molecule has 4 rings (SSSR count). The summed E-state index contributed by atoms with van der Waals surface area (Å²) >= 11 is 0. The summed E-state index contributed by atoms with van der Waals surface area (Å²) in [6.07, 6.45) is 1.79. The summed E-state index contributed by atoms with van der Waals surface area (Å²) in [5, 5.41) is 3.10. The highest BCUT2D eigenvalue weighted by atomic mass is 32.2. The van der Waals surface area contributed by atoms with E-state index in [-0.39, 0.29) is 16.8 Å². The van der Waals surface area contributed by atoms with Crippen molar-refractivity contribution in [2.24, 2.45) is 0 Å². The highest BCUT2D eigenvalue weighted by Crippen LogP contribution is 2.22. The second-order valence-corrected chi connectivity index (χ2v) is 10.3. The number of hydrogen-bond acceptors (Lipinski definition) is 4. The molecule has 0 radical (unpaired) electrons. The standard InChI is InChI=1S/C26H29N3O3S/c1-28(24-10-6-3-7-11-24)33(31,32)25-14-12-22(13-15-25)26(30)27-23-16-18-29(19-17-23)20-21-8-4-2-5-9-21/h2-15,23H,16-20H2,1H3,(H,27,30). The Morgan fingerprint density at radius 2 is 1.48 bits per heavy atom. The second kappa shape index (κ2) is 10.2. The van der Waals surface area contributed by atoms with Crippen LogP contribution >= 0.6 is 0 Å². The molecule has 3 aromatic carbocycles. The summed E-state index contributed by atoms with van der Waals surface area (Å²) in [7, 11) is -2.17. The summed E-state index contributed by atoms with van der Waals surface area (Å²) in [6.45, 7) is 2.79. The summed E-state index contributed by atoms with van der Waals surface area (Å²) in [6, 6.07) is 25.6. The van der Waals surface area contributed by atoms with Gasteiger partial charge < -0.3 is 5.32 Å². The number of sulfonamides is 1. The van der Waals surface area contributed by atoms with Crippen molar-refractivity contribution in [2.45, 2.75) is 30.3 Å². The number of hydrogen-bond donors (Lipinski definition) is 1. The first-order valence-electron chi connectivity index (χ1n) is 11.1. The van der Waals surface area contributed by atoms with Crippen LogP contribution in [0.2, 0.25) is 0 Å². The lowest BCUT2D eigenvalue weighted by molar-refractivity contribution is 0.0909. The molecule has 0 bridgehead atoms. The first kappa shape index (κ1) is 23.0. The number of carbonyl (C=O) groups is 1. The average Bonchev–Trinajstić information content (AvgIpc) is 2.86. The maximum atomic E-state index is 12.9. The van der Waals surface area contributed by atoms with Gasteiger partial charge in [-0.3, -0.25) is 14.0 Å². The van der Waals surface area contributed by atoms with Crippen molar-refractivity contribution < 1.29 is 13.2 Å². The number of nitrogens with one attached hydrogen (secondary N) is 1. The van der Waals surface area contributed by atoms with E-state index in [1.807, 2.05) is 12.1 Å². The Labute approximate surface area is 195 Å². The van der Waals surface area contributed by atoms with E-state index in [2.05, 4.69) is 34.5 Å². The minimum atomic E-state index is -3.70. The highest BCUT2D eigenvalue weighted by molar-refractivity contribution is 7.92. The molecule has 1 N–H and O–H groups in total. The van der Waals surface area contributed by atoms with E-state index in [0.717, 1.165) is 32.5 Å². The summed E-state index contributed by atoms with van der Waals surface area (Å²) in [5.74, 6) is -0.170. The van der Waals surface area contributed by atoms with Crippen molar-refractivity contribution in [1.29, 1.82) is 0 Å². The van der Waals surface area contributed by atoms with Crippen LogP contribution in [0.4, 0.5) is 5.69 Å². The van der Waals surface area contributed by atoms with Gasteiger partial charge in [0.15, 0.2) is 0 Å². The zero-order chi connectivity index (χ0) is 23.3. The van der Waals surface area contributed by atoms with Crippen LogP contribution in [-0.4, -0.2) is 45.4 Å². The number of carbonyl (C=O) groups excluding carboxylic acids is 1. The van der Waals surface area contributed by atoms with Gasteiger partial charge in [0, 0.05) is 38.3 Å². The van der Waals surface area contributed by atoms with Crippen molar-refractivity contribution >= 4 is 21.6 Å². The van der Waals surface area contributed by atoms with E-state index >= 15 is 0 Å². The molecule has 0 aliphatic carbocycles. The number of amides is 1. The van der Waals surface area contributed by atoms with Gasteiger partial charge in [-0.25, -0.2) is 8.42 Å². The van der Waals surface area contributed by atoms with E-state index in [9.17, 15) is 13.2 Å². The van der Waals surface area contributed by atoms with Gasteiger partial charge in [-0.15, -0.1) is 0 Å². The van der Waals surface area contributed by atoms with Gasteiger partial charge in [-0.2, -0.15) is 0 Å². The summed E-state index contributed by atoms with van der Waals surface area (Å²) in [4.78, 5) is 15.3. The number of para-hydroxylation sites is 1. The molecule has 6 nitrogen and oxygen atoms in total. The van der Waals surface area contributed by atoms with E-state index in [4.69, 9.17) is 0 Å². The van der Waals surface area contributed by atoms with Gasteiger partial charge in [0.05, 0.1) is 10.6 Å². The molecule has 3 aromatic rings. The molecule has 0 atom stereocenters. The van der Waals surface area contributed by atoms with Gasteiger partial charge in [0.1, 0.15) is 0 Å². The fraction of sp³-hybridized carbons (Fsp3) is 0.269. The maximum absolute atomic E-state index is 12.9. The zero-order valence-corrected chi connectivity index (χ0v) is 19.5. The largest absolute Gasteiger partial charge is 0.349 e. The lowest BCUT2D eigenvalue weighted by atomic mass is 10.0. The fourth-order valence-electron chi connectivity index (χ4n) is 4.06. The zero-order valence-electron chi connectivity index (χ0n) is 18.7. The Morgan fingerprint density at radius 1 is 0.909 bits per heavy atom. The molecular formula is C26H29N3O3S. The van der Waals surface area contributed by atoms with Gasteiger partial charge in [-0.1, -0.05) is 48.5 Å². The Bertz CT molecular complexity index is 1160. The van der Waals surface area contributed by atoms with Gasteiger partial charge >= 0.3 is 0 Å². The molecule has 0 unspecified atom stereocenters. The highest BCUT2D eigenvalue weighted by Gasteiger charge is 2.23. The normalized spacial score (nSPS) is 15.2. The van der Waals surface area contributed by atoms with Crippen molar-refractivity contribution in [1.82, 2.24) is 10.2 Å². The third-order valence-corrected chi connectivity index (χ3v) is 7.87. The number of anilines is 1. The predicted molar refractivity (Wildman–Crippen MR) is 131 cm³/mol. The van der Waals surface area contributed by atoms with E-state index in [1.165, 1.54) is 29.0 Å². The molecule has 33 heavy (non-hydrogen) atoms. The van der Waals surface area contributed by atoms with Gasteiger partial charge in [0.2, 0.25) is 0 Å². The van der Waals surface area contributed by atoms with E-state index in [1.54, 1.807) is 36.4 Å². The van der Waals surface area contributed by atoms with E-state index < -0.39 is 10.0 Å². The number of benzene rings is 3. The van der Waals surface area contributed by atoms with Crippen LogP contribution in [0.1, 0.15) is 28.8 Å². The van der Waals surface area contributed by atoms with Crippen LogP contribution in [0.15, 0.2) is 89.8 Å². The molecule has 1 aliphatic heterocycles. The van der Waals surface area contributed by atoms with Crippen molar-refractivity contribution in [3.05, 3.63) is 96.1 Å². The Balaban J connectivity index is 1.32. The number of nitrogens with zero attached hydrogens (tertiary/aromatic N) is 2. The van der Waals surface area contributed by atoms with Crippen LogP contribution in [-0.2, 0) is 16.6 Å². The van der Waals surface area contributed by atoms with Crippen molar-refractivity contribution in [3.8, 4) is 0 Å². The molecule has 1 amide bonds. The molecule has 0 saturated carbocycles. The molecule has 1 aliphatic rings. The van der Waals surface area contributed by atoms with Crippen molar-refractivity contribution in [3.63, 3.8) is 0 Å². The monoisotopic (exact) mass is 463 g/mol. The summed E-state index contributed by atoms with van der Waals surface area (Å²) in [5.41, 5.74) is 2.34. The van der Waals surface area contributed by atoms with Crippen LogP contribution in [0.25, 0.3) is 0 Å². The SMILES string of the molecule is CN(c1ccccc1)S(=O)(=O)c1ccc(C(=O)NC2CCN(Cc3ccccc3)CC2)cc1.